The van der Waals surface area contributed by atoms with E-state index in [0.717, 1.165) is 12.1 Å². The van der Waals surface area contributed by atoms with Crippen molar-refractivity contribution in [3.63, 3.8) is 0 Å². The third kappa shape index (κ3) is 5.74. The standard InChI is InChI=1S/C19H26N4O2/c1-12(2)8-16-10-17(23-22-16)19(25)21-15-7-5-6-14(9-15)18(24)20-11-13(3)4/h5-7,9-10,12-13H,8,11H2,1-4H3,(H,20,24)(H,21,25)(H,22,23). The highest BCUT2D eigenvalue weighted by Crippen LogP contribution is 2.13. The highest BCUT2D eigenvalue weighted by atomic mass is 16.2. The normalized spacial score (nSPS) is 11.0. The van der Waals surface area contributed by atoms with Crippen LogP contribution in [-0.4, -0.2) is 28.6 Å². The van der Waals surface area contributed by atoms with E-state index in [-0.39, 0.29) is 11.8 Å². The number of benzene rings is 1. The smallest absolute Gasteiger partial charge is 0.276 e. The molecule has 0 aliphatic heterocycles. The minimum absolute atomic E-state index is 0.149. The van der Waals surface area contributed by atoms with Crippen LogP contribution in [0.25, 0.3) is 0 Å². The van der Waals surface area contributed by atoms with Gasteiger partial charge in [-0.15, -0.1) is 0 Å². The molecular weight excluding hydrogens is 316 g/mol. The van der Waals surface area contributed by atoms with Crippen LogP contribution in [0.2, 0.25) is 0 Å². The van der Waals surface area contributed by atoms with Gasteiger partial charge in [0, 0.05) is 23.5 Å². The number of hydrogen-bond donors (Lipinski definition) is 3. The Balaban J connectivity index is 2.02. The van der Waals surface area contributed by atoms with Crippen LogP contribution in [0, 0.1) is 11.8 Å². The van der Waals surface area contributed by atoms with E-state index >= 15 is 0 Å². The molecule has 0 saturated heterocycles. The lowest BCUT2D eigenvalue weighted by Gasteiger charge is -2.09. The van der Waals surface area contributed by atoms with Crippen molar-refractivity contribution in [3.05, 3.63) is 47.3 Å². The first-order valence-corrected chi connectivity index (χ1v) is 8.59. The fourth-order valence-corrected chi connectivity index (χ4v) is 2.35. The van der Waals surface area contributed by atoms with Gasteiger partial charge < -0.3 is 10.6 Å². The fourth-order valence-electron chi connectivity index (χ4n) is 2.35. The van der Waals surface area contributed by atoms with Gasteiger partial charge in [-0.1, -0.05) is 33.8 Å². The summed E-state index contributed by atoms with van der Waals surface area (Å²) < 4.78 is 0. The molecule has 6 nitrogen and oxygen atoms in total. The predicted molar refractivity (Wildman–Crippen MR) is 98.7 cm³/mol. The second-order valence-electron chi connectivity index (χ2n) is 7.02. The molecule has 3 N–H and O–H groups in total. The summed E-state index contributed by atoms with van der Waals surface area (Å²) in [5.41, 5.74) is 2.35. The van der Waals surface area contributed by atoms with Crippen molar-refractivity contribution in [2.24, 2.45) is 11.8 Å². The van der Waals surface area contributed by atoms with Gasteiger partial charge in [0.1, 0.15) is 0 Å². The van der Waals surface area contributed by atoms with Crippen molar-refractivity contribution in [1.82, 2.24) is 15.5 Å². The molecule has 1 aromatic carbocycles. The van der Waals surface area contributed by atoms with Gasteiger partial charge >= 0.3 is 0 Å². The van der Waals surface area contributed by atoms with Gasteiger partial charge in [-0.25, -0.2) is 0 Å². The average Bonchev–Trinajstić information content (AvgIpc) is 3.00. The summed E-state index contributed by atoms with van der Waals surface area (Å²) in [5.74, 6) is 0.415. The zero-order valence-electron chi connectivity index (χ0n) is 15.2. The molecule has 1 heterocycles. The van der Waals surface area contributed by atoms with Crippen LogP contribution in [0.5, 0.6) is 0 Å². The Kier molecular flexibility index (Phi) is 6.33. The number of rotatable bonds is 7. The van der Waals surface area contributed by atoms with Crippen LogP contribution in [-0.2, 0) is 6.42 Å². The second-order valence-corrected chi connectivity index (χ2v) is 7.02. The molecule has 2 amide bonds. The Bertz CT molecular complexity index is 735. The Hall–Kier alpha value is -2.63. The molecule has 0 aliphatic carbocycles. The molecule has 0 aliphatic rings. The van der Waals surface area contributed by atoms with Gasteiger partial charge in [0.25, 0.3) is 11.8 Å². The molecule has 25 heavy (non-hydrogen) atoms. The maximum absolute atomic E-state index is 12.3. The van der Waals surface area contributed by atoms with Crippen molar-refractivity contribution in [3.8, 4) is 0 Å². The summed E-state index contributed by atoms with van der Waals surface area (Å²) in [6.45, 7) is 8.90. The van der Waals surface area contributed by atoms with E-state index < -0.39 is 0 Å². The molecule has 2 rings (SSSR count). The zero-order chi connectivity index (χ0) is 18.4. The number of amides is 2. The predicted octanol–water partition coefficient (Wildman–Crippen LogP) is 3.25. The first-order chi connectivity index (χ1) is 11.8. The van der Waals surface area contributed by atoms with Crippen molar-refractivity contribution in [2.45, 2.75) is 34.1 Å². The van der Waals surface area contributed by atoms with E-state index in [0.29, 0.717) is 35.3 Å². The van der Waals surface area contributed by atoms with Gasteiger partial charge in [0.15, 0.2) is 5.69 Å². The van der Waals surface area contributed by atoms with E-state index in [1.165, 1.54) is 0 Å². The largest absolute Gasteiger partial charge is 0.352 e. The number of carbonyl (C=O) groups excluding carboxylic acids is 2. The maximum Gasteiger partial charge on any atom is 0.276 e. The number of aromatic nitrogens is 2. The molecule has 1 aromatic heterocycles. The van der Waals surface area contributed by atoms with Crippen LogP contribution in [0.4, 0.5) is 5.69 Å². The lowest BCUT2D eigenvalue weighted by atomic mass is 10.1. The van der Waals surface area contributed by atoms with E-state index in [9.17, 15) is 9.59 Å². The van der Waals surface area contributed by atoms with Crippen molar-refractivity contribution >= 4 is 17.5 Å². The summed E-state index contributed by atoms with van der Waals surface area (Å²) >= 11 is 0. The fraction of sp³-hybridized carbons (Fsp3) is 0.421. The van der Waals surface area contributed by atoms with Crippen LogP contribution in [0.1, 0.15) is 54.2 Å². The van der Waals surface area contributed by atoms with E-state index in [4.69, 9.17) is 0 Å². The van der Waals surface area contributed by atoms with Crippen molar-refractivity contribution < 1.29 is 9.59 Å². The highest BCUT2D eigenvalue weighted by molar-refractivity contribution is 6.04. The number of H-pyrrole nitrogens is 1. The van der Waals surface area contributed by atoms with Crippen LogP contribution >= 0.6 is 0 Å². The molecule has 0 fully saturated rings. The van der Waals surface area contributed by atoms with Gasteiger partial charge in [-0.05, 0) is 42.5 Å². The molecule has 0 spiro atoms. The quantitative estimate of drug-likeness (QED) is 0.722. The molecule has 134 valence electrons. The number of anilines is 1. The molecule has 0 atom stereocenters. The molecular formula is C19H26N4O2. The number of hydrogen-bond acceptors (Lipinski definition) is 3. The van der Waals surface area contributed by atoms with Gasteiger partial charge in [0.2, 0.25) is 0 Å². The Morgan fingerprint density at radius 3 is 2.52 bits per heavy atom. The lowest BCUT2D eigenvalue weighted by Crippen LogP contribution is -2.27. The summed E-state index contributed by atoms with van der Waals surface area (Å²) in [5, 5.41) is 12.6. The summed E-state index contributed by atoms with van der Waals surface area (Å²) in [4.78, 5) is 24.4. The Morgan fingerprint density at radius 2 is 1.84 bits per heavy atom. The molecule has 0 radical (unpaired) electrons. The van der Waals surface area contributed by atoms with E-state index in [1.807, 2.05) is 13.8 Å². The minimum atomic E-state index is -0.300. The lowest BCUT2D eigenvalue weighted by molar-refractivity contribution is 0.0947. The van der Waals surface area contributed by atoms with Crippen LogP contribution in [0.3, 0.4) is 0 Å². The Labute approximate surface area is 148 Å². The van der Waals surface area contributed by atoms with Crippen molar-refractivity contribution in [2.75, 3.05) is 11.9 Å². The SMILES string of the molecule is CC(C)CNC(=O)c1cccc(NC(=O)c2cc(CC(C)C)[nH]n2)c1. The third-order valence-electron chi connectivity index (χ3n) is 3.55. The third-order valence-corrected chi connectivity index (χ3v) is 3.55. The molecule has 0 saturated carbocycles. The second kappa shape index (κ2) is 8.46. The first kappa shape index (κ1) is 18.7. The Morgan fingerprint density at radius 1 is 1.08 bits per heavy atom. The number of carbonyl (C=O) groups is 2. The first-order valence-electron chi connectivity index (χ1n) is 8.59. The monoisotopic (exact) mass is 342 g/mol. The summed E-state index contributed by atoms with van der Waals surface area (Å²) in [6, 6.07) is 8.64. The highest BCUT2D eigenvalue weighted by Gasteiger charge is 2.13. The van der Waals surface area contributed by atoms with E-state index in [1.54, 1.807) is 30.3 Å². The molecule has 6 heteroatoms. The van der Waals surface area contributed by atoms with Crippen LogP contribution < -0.4 is 10.6 Å². The maximum atomic E-state index is 12.3. The number of aromatic amines is 1. The average molecular weight is 342 g/mol. The molecule has 2 aromatic rings. The summed E-state index contributed by atoms with van der Waals surface area (Å²) in [6.07, 6.45) is 0.839. The topological polar surface area (TPSA) is 86.9 Å². The van der Waals surface area contributed by atoms with Gasteiger partial charge in [0.05, 0.1) is 0 Å². The molecule has 0 bridgehead atoms. The number of nitrogens with zero attached hydrogens (tertiary/aromatic N) is 1. The van der Waals surface area contributed by atoms with E-state index in [2.05, 4.69) is 34.7 Å². The van der Waals surface area contributed by atoms with Gasteiger partial charge in [-0.3, -0.25) is 14.7 Å². The van der Waals surface area contributed by atoms with Crippen LogP contribution in [0.15, 0.2) is 30.3 Å². The summed E-state index contributed by atoms with van der Waals surface area (Å²) in [7, 11) is 0. The van der Waals surface area contributed by atoms with Crippen molar-refractivity contribution in [1.29, 1.82) is 0 Å². The zero-order valence-corrected chi connectivity index (χ0v) is 15.2. The molecule has 0 unspecified atom stereocenters. The number of nitrogens with one attached hydrogen (secondary N) is 3. The minimum Gasteiger partial charge on any atom is -0.352 e. The van der Waals surface area contributed by atoms with Gasteiger partial charge in [-0.2, -0.15) is 5.10 Å².